The maximum absolute atomic E-state index is 12.6. The van der Waals surface area contributed by atoms with Crippen LogP contribution in [0, 0.1) is 0 Å². The van der Waals surface area contributed by atoms with Crippen molar-refractivity contribution in [1.29, 1.82) is 0 Å². The van der Waals surface area contributed by atoms with E-state index in [0.29, 0.717) is 29.3 Å². The maximum Gasteiger partial charge on any atom is 0.338 e. The summed E-state index contributed by atoms with van der Waals surface area (Å²) in [6, 6.07) is 11.1. The first-order chi connectivity index (χ1) is 16.3. The number of ether oxygens (including phenoxy) is 3. The molecule has 0 aliphatic rings. The van der Waals surface area contributed by atoms with Crippen molar-refractivity contribution in [1.82, 2.24) is 4.57 Å². The smallest absolute Gasteiger partial charge is 0.338 e. The van der Waals surface area contributed by atoms with Crippen LogP contribution in [0.15, 0.2) is 52.4 Å². The van der Waals surface area contributed by atoms with Crippen LogP contribution in [0.1, 0.15) is 23.7 Å². The van der Waals surface area contributed by atoms with Gasteiger partial charge in [0.15, 0.2) is 14.6 Å². The van der Waals surface area contributed by atoms with Crippen molar-refractivity contribution in [2.45, 2.75) is 24.8 Å². The quantitative estimate of drug-likeness (QED) is 0.389. The van der Waals surface area contributed by atoms with Gasteiger partial charge in [-0.3, -0.25) is 4.79 Å². The molecule has 0 atom stereocenters. The van der Waals surface area contributed by atoms with Crippen LogP contribution in [-0.2, 0) is 30.7 Å². The minimum Gasteiger partial charge on any atom is -0.497 e. The van der Waals surface area contributed by atoms with Crippen LogP contribution in [0.3, 0.4) is 0 Å². The molecule has 1 heterocycles. The topological polar surface area (TPSA) is 113 Å². The van der Waals surface area contributed by atoms with Crippen molar-refractivity contribution in [3.63, 3.8) is 0 Å². The molecule has 0 aliphatic heterocycles. The summed E-state index contributed by atoms with van der Waals surface area (Å²) in [7, 11) is -0.590. The van der Waals surface area contributed by atoms with Crippen LogP contribution in [0.4, 0.5) is 0 Å². The van der Waals surface area contributed by atoms with E-state index >= 15 is 0 Å². The van der Waals surface area contributed by atoms with Crippen LogP contribution >= 0.6 is 11.3 Å². The lowest BCUT2D eigenvalue weighted by molar-refractivity contribution is -0.117. The average Bonchev–Trinajstić information content (AvgIpc) is 3.17. The third kappa shape index (κ3) is 6.10. The number of nitrogens with zero attached hydrogens (tertiary/aromatic N) is 2. The highest BCUT2D eigenvalue weighted by atomic mass is 32.2. The zero-order valence-corrected chi connectivity index (χ0v) is 20.8. The van der Waals surface area contributed by atoms with Gasteiger partial charge in [0.1, 0.15) is 5.75 Å². The van der Waals surface area contributed by atoms with Gasteiger partial charge < -0.3 is 18.8 Å². The Morgan fingerprint density at radius 1 is 1.09 bits per heavy atom. The number of amides is 1. The number of hydrogen-bond donors (Lipinski definition) is 0. The van der Waals surface area contributed by atoms with Gasteiger partial charge in [0.25, 0.3) is 0 Å². The fourth-order valence-electron chi connectivity index (χ4n) is 3.18. The van der Waals surface area contributed by atoms with E-state index in [-0.39, 0.29) is 23.7 Å². The van der Waals surface area contributed by atoms with E-state index < -0.39 is 21.7 Å². The number of carbonyl (C=O) groups is 2. The Labute approximate surface area is 201 Å². The number of methoxy groups -OCH3 is 2. The van der Waals surface area contributed by atoms with Gasteiger partial charge in [0.05, 0.1) is 46.8 Å². The van der Waals surface area contributed by atoms with E-state index in [1.165, 1.54) is 30.6 Å². The minimum absolute atomic E-state index is 0.115. The third-order valence-corrected chi connectivity index (χ3v) is 7.71. The summed E-state index contributed by atoms with van der Waals surface area (Å²) in [5.41, 5.74) is 1.19. The number of benzene rings is 2. The summed E-state index contributed by atoms with van der Waals surface area (Å²) in [5.74, 6) is -0.807. The summed E-state index contributed by atoms with van der Waals surface area (Å²) in [6.45, 7) is 2.82. The first-order valence-corrected chi connectivity index (χ1v) is 13.0. The van der Waals surface area contributed by atoms with Gasteiger partial charge in [-0.1, -0.05) is 11.3 Å². The van der Waals surface area contributed by atoms with Gasteiger partial charge in [0.2, 0.25) is 5.91 Å². The maximum atomic E-state index is 12.6. The van der Waals surface area contributed by atoms with E-state index in [2.05, 4.69) is 4.99 Å². The Balaban J connectivity index is 1.86. The molecule has 0 aliphatic carbocycles. The lowest BCUT2D eigenvalue weighted by Gasteiger charge is -2.06. The summed E-state index contributed by atoms with van der Waals surface area (Å²) in [5, 5.41) is 0. The first kappa shape index (κ1) is 25.6. The van der Waals surface area contributed by atoms with Crippen LogP contribution in [0.5, 0.6) is 5.75 Å². The third-order valence-electron chi connectivity index (χ3n) is 4.94. The predicted molar refractivity (Wildman–Crippen MR) is 128 cm³/mol. The van der Waals surface area contributed by atoms with Crippen molar-refractivity contribution in [2.75, 3.05) is 33.2 Å². The molecule has 1 amide bonds. The molecule has 0 radical (unpaired) electrons. The highest BCUT2D eigenvalue weighted by molar-refractivity contribution is 7.91. The largest absolute Gasteiger partial charge is 0.497 e. The number of rotatable bonds is 10. The fourth-order valence-corrected chi connectivity index (χ4v) is 5.53. The number of fused-ring (bicyclic) bond motifs is 1. The number of carbonyl (C=O) groups excluding carboxylic acids is 2. The van der Waals surface area contributed by atoms with E-state index in [1.54, 1.807) is 44.4 Å². The second-order valence-corrected chi connectivity index (χ2v) is 10.3. The zero-order valence-electron chi connectivity index (χ0n) is 19.1. The molecule has 11 heteroatoms. The molecule has 0 unspecified atom stereocenters. The summed E-state index contributed by atoms with van der Waals surface area (Å²) in [4.78, 5) is 29.4. The van der Waals surface area contributed by atoms with Gasteiger partial charge >= 0.3 is 5.97 Å². The van der Waals surface area contributed by atoms with Gasteiger partial charge in [-0.05, 0) is 49.4 Å². The Hall–Kier alpha value is -3.02. The normalized spacial score (nSPS) is 12.1. The first-order valence-electron chi connectivity index (χ1n) is 10.5. The second-order valence-electron chi connectivity index (χ2n) is 7.18. The van der Waals surface area contributed by atoms with Crippen molar-refractivity contribution in [2.24, 2.45) is 4.99 Å². The monoisotopic (exact) mass is 506 g/mol. The summed E-state index contributed by atoms with van der Waals surface area (Å²) >= 11 is 1.23. The zero-order chi connectivity index (χ0) is 24.7. The standard InChI is InChI=1S/C23H26N2O7S2/c1-4-32-22(27)16-5-10-19-20(15-16)33-23(25(19)12-13-30-2)24-21(26)11-14-34(28,29)18-8-6-17(31-3)7-9-18/h5-10,15H,4,11-14H2,1-3H3. The molecule has 9 nitrogen and oxygen atoms in total. The van der Waals surface area contributed by atoms with Crippen molar-refractivity contribution < 1.29 is 32.2 Å². The number of esters is 1. The number of aromatic nitrogens is 1. The molecule has 0 saturated heterocycles. The highest BCUT2D eigenvalue weighted by Gasteiger charge is 2.17. The van der Waals surface area contributed by atoms with Crippen molar-refractivity contribution in [3.05, 3.63) is 52.8 Å². The molecule has 0 spiro atoms. The van der Waals surface area contributed by atoms with Gasteiger partial charge in [-0.15, -0.1) is 0 Å². The molecule has 1 aromatic heterocycles. The minimum atomic E-state index is -3.65. The molecular weight excluding hydrogens is 480 g/mol. The molecule has 0 N–H and O–H groups in total. The Morgan fingerprint density at radius 2 is 1.82 bits per heavy atom. The number of thiazole rings is 1. The molecule has 2 aromatic carbocycles. The van der Waals surface area contributed by atoms with Gasteiger partial charge in [-0.2, -0.15) is 4.99 Å². The van der Waals surface area contributed by atoms with E-state index in [4.69, 9.17) is 14.2 Å². The number of sulfone groups is 1. The molecule has 182 valence electrons. The Bertz CT molecular complexity index is 1340. The Morgan fingerprint density at radius 3 is 2.47 bits per heavy atom. The van der Waals surface area contributed by atoms with E-state index in [0.717, 1.165) is 10.2 Å². The second kappa shape index (κ2) is 11.4. The molecule has 3 rings (SSSR count). The SMILES string of the molecule is CCOC(=O)c1ccc2c(c1)sc(=NC(=O)CCS(=O)(=O)c1ccc(OC)cc1)n2CCOC. The van der Waals surface area contributed by atoms with Crippen LogP contribution < -0.4 is 9.54 Å². The molecule has 0 saturated carbocycles. The molecular formula is C23H26N2O7S2. The fraction of sp³-hybridized carbons (Fsp3) is 0.348. The van der Waals surface area contributed by atoms with Crippen LogP contribution in [0.25, 0.3) is 10.2 Å². The van der Waals surface area contributed by atoms with Crippen molar-refractivity contribution >= 4 is 43.3 Å². The van der Waals surface area contributed by atoms with Crippen molar-refractivity contribution in [3.8, 4) is 5.75 Å². The molecule has 3 aromatic rings. The molecule has 0 fully saturated rings. The lowest BCUT2D eigenvalue weighted by Crippen LogP contribution is -2.20. The van der Waals surface area contributed by atoms with Crippen LogP contribution in [0.2, 0.25) is 0 Å². The molecule has 34 heavy (non-hydrogen) atoms. The summed E-state index contributed by atoms with van der Waals surface area (Å²) in [6.07, 6.45) is -0.263. The van der Waals surface area contributed by atoms with Gasteiger partial charge in [-0.25, -0.2) is 13.2 Å². The predicted octanol–water partition coefficient (Wildman–Crippen LogP) is 2.83. The number of hydrogen-bond acceptors (Lipinski definition) is 8. The lowest BCUT2D eigenvalue weighted by atomic mass is 10.2. The van der Waals surface area contributed by atoms with Gasteiger partial charge in [0, 0.05) is 20.1 Å². The van der Waals surface area contributed by atoms with E-state index in [1.807, 2.05) is 4.57 Å². The highest BCUT2D eigenvalue weighted by Crippen LogP contribution is 2.21. The van der Waals surface area contributed by atoms with E-state index in [9.17, 15) is 18.0 Å². The summed E-state index contributed by atoms with van der Waals surface area (Å²) < 4.78 is 43.0. The molecule has 0 bridgehead atoms. The average molecular weight is 507 g/mol. The van der Waals surface area contributed by atoms with Crippen LogP contribution in [-0.4, -0.2) is 58.0 Å². The Kier molecular flexibility index (Phi) is 8.59.